The monoisotopic (exact) mass is 531 g/mol. The highest BCUT2D eigenvalue weighted by Gasteiger charge is 2.27. The lowest BCUT2D eigenvalue weighted by molar-refractivity contribution is -0.118. The van der Waals surface area contributed by atoms with Crippen LogP contribution in [0.25, 0.3) is 11.7 Å². The standard InChI is InChI=1S/C28H30FN7O3/c1-15-13-35(14-16(2)39-15)28(38)18-4-7-23(22(29)9-18)33-24-11-25(32-21-5-6-21)36-27(34-24)20(12-30-36)8-19-10-26(37)31-17(19)3/h4,7-9,11-12,15-16,21,32H,3,5-6,10,13-14H2,1-2H3,(H,31,37)(H,33,34)/b19-8+/t15-,16+. The predicted octanol–water partition coefficient (Wildman–Crippen LogP) is 3.85. The fraction of sp³-hybridized carbons (Fsp3) is 0.357. The molecule has 1 aromatic carbocycles. The van der Waals surface area contributed by atoms with Crippen molar-refractivity contribution in [2.45, 2.75) is 51.4 Å². The number of amides is 2. The summed E-state index contributed by atoms with van der Waals surface area (Å²) in [7, 11) is 0. The van der Waals surface area contributed by atoms with Gasteiger partial charge in [-0.3, -0.25) is 9.59 Å². The molecule has 2 aromatic heterocycles. The summed E-state index contributed by atoms with van der Waals surface area (Å²) in [5.74, 6) is 0.243. The van der Waals surface area contributed by atoms with Gasteiger partial charge in [0, 0.05) is 42.0 Å². The van der Waals surface area contributed by atoms with Gasteiger partial charge in [-0.15, -0.1) is 0 Å². The van der Waals surface area contributed by atoms with E-state index in [0.717, 1.165) is 24.2 Å². The van der Waals surface area contributed by atoms with Crippen LogP contribution >= 0.6 is 0 Å². The van der Waals surface area contributed by atoms with Crippen molar-refractivity contribution in [2.75, 3.05) is 23.7 Å². The number of aromatic nitrogens is 3. The van der Waals surface area contributed by atoms with E-state index in [0.29, 0.717) is 41.9 Å². The highest BCUT2D eigenvalue weighted by molar-refractivity contribution is 5.95. The third kappa shape index (κ3) is 5.22. The molecule has 2 amide bonds. The Bertz CT molecular complexity index is 1520. The second kappa shape index (κ2) is 9.81. The molecule has 11 heteroatoms. The maximum atomic E-state index is 15.2. The second-order valence-corrected chi connectivity index (χ2v) is 10.4. The molecule has 4 heterocycles. The fourth-order valence-corrected chi connectivity index (χ4v) is 5.00. The number of halogens is 1. The Morgan fingerprint density at radius 1 is 1.23 bits per heavy atom. The van der Waals surface area contributed by atoms with Gasteiger partial charge in [0.25, 0.3) is 5.91 Å². The van der Waals surface area contributed by atoms with Gasteiger partial charge in [0.1, 0.15) is 17.5 Å². The molecule has 2 aliphatic heterocycles. The third-order valence-corrected chi connectivity index (χ3v) is 6.97. The Kier molecular flexibility index (Phi) is 6.30. The lowest BCUT2D eigenvalue weighted by atomic mass is 10.1. The second-order valence-electron chi connectivity index (χ2n) is 10.4. The van der Waals surface area contributed by atoms with E-state index in [2.05, 4.69) is 27.6 Å². The molecule has 0 spiro atoms. The van der Waals surface area contributed by atoms with Crippen LogP contribution in [0.1, 0.15) is 49.0 Å². The molecular formula is C28H30FN7O3. The van der Waals surface area contributed by atoms with Crippen molar-refractivity contribution in [3.8, 4) is 0 Å². The molecule has 3 fully saturated rings. The number of anilines is 3. The Morgan fingerprint density at radius 3 is 2.67 bits per heavy atom. The molecule has 3 N–H and O–H groups in total. The number of nitrogens with one attached hydrogen (secondary N) is 3. The zero-order chi connectivity index (χ0) is 27.3. The van der Waals surface area contributed by atoms with Crippen LogP contribution in [0.2, 0.25) is 0 Å². The van der Waals surface area contributed by atoms with Gasteiger partial charge in [0.15, 0.2) is 5.65 Å². The number of nitrogens with zero attached hydrogens (tertiary/aromatic N) is 4. The molecule has 3 aliphatic rings. The average molecular weight is 532 g/mol. The van der Waals surface area contributed by atoms with Crippen LogP contribution in [0.4, 0.5) is 21.7 Å². The number of fused-ring (bicyclic) bond motifs is 1. The molecule has 202 valence electrons. The number of carbonyl (C=O) groups is 2. The summed E-state index contributed by atoms with van der Waals surface area (Å²) in [6.07, 6.45) is 5.73. The van der Waals surface area contributed by atoms with E-state index < -0.39 is 5.82 Å². The minimum absolute atomic E-state index is 0.0736. The van der Waals surface area contributed by atoms with Crippen LogP contribution < -0.4 is 16.0 Å². The van der Waals surface area contributed by atoms with Crippen molar-refractivity contribution in [3.63, 3.8) is 0 Å². The SMILES string of the molecule is C=C1NC(=O)C/C1=C\c1cnn2c(NC3CC3)cc(Nc3ccc(C(=O)N4C[C@@H](C)O[C@@H](C)C4)cc3F)nc12. The minimum Gasteiger partial charge on any atom is -0.372 e. The van der Waals surface area contributed by atoms with Crippen molar-refractivity contribution in [1.29, 1.82) is 0 Å². The number of ether oxygens (including phenoxy) is 1. The summed E-state index contributed by atoms with van der Waals surface area (Å²) >= 11 is 0. The highest BCUT2D eigenvalue weighted by atomic mass is 19.1. The lowest BCUT2D eigenvalue weighted by Gasteiger charge is -2.35. The zero-order valence-corrected chi connectivity index (χ0v) is 21.8. The van der Waals surface area contributed by atoms with Crippen LogP contribution in [0.15, 0.2) is 48.3 Å². The van der Waals surface area contributed by atoms with Crippen LogP contribution in [0, 0.1) is 5.82 Å². The number of benzene rings is 1. The van der Waals surface area contributed by atoms with E-state index in [1.54, 1.807) is 33.8 Å². The van der Waals surface area contributed by atoms with Crippen LogP contribution in [-0.4, -0.2) is 62.7 Å². The third-order valence-electron chi connectivity index (χ3n) is 6.97. The zero-order valence-electron chi connectivity index (χ0n) is 21.8. The number of carbonyl (C=O) groups excluding carboxylic acids is 2. The summed E-state index contributed by atoms with van der Waals surface area (Å²) in [6.45, 7) is 8.67. The molecule has 39 heavy (non-hydrogen) atoms. The van der Waals surface area contributed by atoms with Gasteiger partial charge < -0.3 is 25.6 Å². The Hall–Kier alpha value is -4.25. The summed E-state index contributed by atoms with van der Waals surface area (Å²) in [6, 6.07) is 6.55. The first kappa shape index (κ1) is 25.1. The summed E-state index contributed by atoms with van der Waals surface area (Å²) in [4.78, 5) is 31.2. The molecule has 0 radical (unpaired) electrons. The van der Waals surface area contributed by atoms with Crippen LogP contribution in [0.5, 0.6) is 0 Å². The van der Waals surface area contributed by atoms with Gasteiger partial charge in [-0.2, -0.15) is 9.61 Å². The van der Waals surface area contributed by atoms with Crippen LogP contribution in [0.3, 0.4) is 0 Å². The molecule has 0 bridgehead atoms. The number of allylic oxidation sites excluding steroid dienone is 1. The maximum absolute atomic E-state index is 15.2. The molecule has 1 saturated carbocycles. The van der Waals surface area contributed by atoms with Gasteiger partial charge in [0.05, 0.1) is 30.5 Å². The molecule has 2 saturated heterocycles. The number of hydrogen-bond donors (Lipinski definition) is 3. The first-order chi connectivity index (χ1) is 18.7. The van der Waals surface area contributed by atoms with Gasteiger partial charge >= 0.3 is 0 Å². The van der Waals surface area contributed by atoms with E-state index in [-0.39, 0.29) is 41.7 Å². The predicted molar refractivity (Wildman–Crippen MR) is 145 cm³/mol. The van der Waals surface area contributed by atoms with Crippen molar-refractivity contribution < 1.29 is 18.7 Å². The average Bonchev–Trinajstić information content (AvgIpc) is 3.52. The normalized spacial score (nSPS) is 22.4. The molecule has 6 rings (SSSR count). The van der Waals surface area contributed by atoms with Gasteiger partial charge in [-0.1, -0.05) is 6.58 Å². The topological polar surface area (TPSA) is 113 Å². The van der Waals surface area contributed by atoms with E-state index >= 15 is 4.39 Å². The molecule has 0 unspecified atom stereocenters. The largest absolute Gasteiger partial charge is 0.372 e. The van der Waals surface area contributed by atoms with Crippen molar-refractivity contribution in [2.24, 2.45) is 0 Å². The Morgan fingerprint density at radius 2 is 2.00 bits per heavy atom. The minimum atomic E-state index is -0.559. The van der Waals surface area contributed by atoms with E-state index in [1.807, 2.05) is 19.9 Å². The van der Waals surface area contributed by atoms with E-state index in [1.165, 1.54) is 6.07 Å². The quantitative estimate of drug-likeness (QED) is 0.443. The van der Waals surface area contributed by atoms with Gasteiger partial charge in [-0.25, -0.2) is 9.37 Å². The molecule has 1 aliphatic carbocycles. The lowest BCUT2D eigenvalue weighted by Crippen LogP contribution is -2.48. The first-order valence-corrected chi connectivity index (χ1v) is 13.1. The highest BCUT2D eigenvalue weighted by Crippen LogP contribution is 2.30. The Balaban J connectivity index is 1.29. The van der Waals surface area contributed by atoms with Crippen molar-refractivity contribution in [1.82, 2.24) is 24.8 Å². The molecule has 2 atom stereocenters. The molecule has 10 nitrogen and oxygen atoms in total. The first-order valence-electron chi connectivity index (χ1n) is 13.1. The summed E-state index contributed by atoms with van der Waals surface area (Å²) in [5, 5.41) is 13.7. The van der Waals surface area contributed by atoms with Gasteiger partial charge in [0.2, 0.25) is 5.91 Å². The molecular weight excluding hydrogens is 501 g/mol. The van der Waals surface area contributed by atoms with Crippen molar-refractivity contribution in [3.05, 3.63) is 65.3 Å². The summed E-state index contributed by atoms with van der Waals surface area (Å²) < 4.78 is 22.7. The van der Waals surface area contributed by atoms with Crippen LogP contribution in [-0.2, 0) is 9.53 Å². The number of hydrogen-bond acceptors (Lipinski definition) is 7. The van der Waals surface area contributed by atoms with Gasteiger partial charge in [-0.05, 0) is 56.5 Å². The summed E-state index contributed by atoms with van der Waals surface area (Å²) in [5.41, 5.74) is 3.06. The maximum Gasteiger partial charge on any atom is 0.254 e. The van der Waals surface area contributed by atoms with E-state index in [4.69, 9.17) is 9.72 Å². The van der Waals surface area contributed by atoms with Crippen molar-refractivity contribution >= 4 is 40.9 Å². The number of rotatable bonds is 6. The fourth-order valence-electron chi connectivity index (χ4n) is 5.00. The number of morpholine rings is 1. The smallest absolute Gasteiger partial charge is 0.254 e. The van der Waals surface area contributed by atoms with E-state index in [9.17, 15) is 9.59 Å². The molecule has 3 aromatic rings. The Labute approximate surface area is 224 Å².